The van der Waals surface area contributed by atoms with E-state index in [4.69, 9.17) is 4.99 Å². The van der Waals surface area contributed by atoms with Gasteiger partial charge in [-0.2, -0.15) is 0 Å². The van der Waals surface area contributed by atoms with Gasteiger partial charge in [0.1, 0.15) is 5.54 Å². The molecule has 0 amide bonds. The molecule has 5 rings (SSSR count). The lowest BCUT2D eigenvalue weighted by molar-refractivity contribution is 0.598. The van der Waals surface area contributed by atoms with Gasteiger partial charge in [-0.3, -0.25) is 4.99 Å². The van der Waals surface area contributed by atoms with Crippen molar-refractivity contribution >= 4 is 6.21 Å². The van der Waals surface area contributed by atoms with E-state index in [-0.39, 0.29) is 11.0 Å². The Hall–Kier alpha value is -2.67. The molecule has 0 spiro atoms. The van der Waals surface area contributed by atoms with Gasteiger partial charge in [-0.05, 0) is 22.3 Å². The Labute approximate surface area is 142 Å². The molecule has 0 radical (unpaired) electrons. The zero-order chi connectivity index (χ0) is 16.2. The van der Waals surface area contributed by atoms with E-state index in [2.05, 4.69) is 98.1 Å². The molecular formula is C23H19N. The lowest BCUT2D eigenvalue weighted by Gasteiger charge is -2.21. The minimum atomic E-state index is -0.191. The molecule has 1 fully saturated rings. The number of hydrogen-bond acceptors (Lipinski definition) is 1. The van der Waals surface area contributed by atoms with Crippen LogP contribution >= 0.6 is 0 Å². The summed E-state index contributed by atoms with van der Waals surface area (Å²) in [6, 6.07) is 30.4. The van der Waals surface area contributed by atoms with Crippen molar-refractivity contribution in [1.82, 2.24) is 0 Å². The molecule has 3 aromatic carbocycles. The van der Waals surface area contributed by atoms with Gasteiger partial charge in [-0.1, -0.05) is 91.9 Å². The molecule has 1 aliphatic carbocycles. The van der Waals surface area contributed by atoms with E-state index >= 15 is 0 Å². The Morgan fingerprint density at radius 1 is 0.708 bits per heavy atom. The minimum Gasteiger partial charge on any atom is -0.279 e. The first-order valence-corrected chi connectivity index (χ1v) is 8.54. The van der Waals surface area contributed by atoms with Gasteiger partial charge in [0.2, 0.25) is 0 Å². The Balaban J connectivity index is 1.79. The molecule has 0 aromatic heterocycles. The molecule has 3 aromatic rings. The van der Waals surface area contributed by atoms with Crippen LogP contribution in [0.15, 0.2) is 89.9 Å². The summed E-state index contributed by atoms with van der Waals surface area (Å²) in [5.41, 5.74) is 5.15. The summed E-state index contributed by atoms with van der Waals surface area (Å²) >= 11 is 0. The van der Waals surface area contributed by atoms with Crippen LogP contribution in [0.1, 0.15) is 35.1 Å². The SMILES string of the molecule is C[C@]1(c2ccccc2)C2c3ccccc3C=N[C@]21c1ccccc1. The van der Waals surface area contributed by atoms with Crippen LogP contribution < -0.4 is 0 Å². The van der Waals surface area contributed by atoms with Crippen LogP contribution in [0.3, 0.4) is 0 Å². The van der Waals surface area contributed by atoms with Gasteiger partial charge in [0, 0.05) is 17.5 Å². The Kier molecular flexibility index (Phi) is 2.67. The molecule has 1 aliphatic heterocycles. The number of rotatable bonds is 2. The smallest absolute Gasteiger partial charge is 0.103 e. The number of hydrogen-bond donors (Lipinski definition) is 0. The third-order valence-corrected chi connectivity index (χ3v) is 6.01. The first-order chi connectivity index (χ1) is 11.8. The fourth-order valence-corrected chi connectivity index (χ4v) is 4.81. The summed E-state index contributed by atoms with van der Waals surface area (Å²) in [7, 11) is 0. The highest BCUT2D eigenvalue weighted by Crippen LogP contribution is 2.76. The molecule has 1 heteroatoms. The highest BCUT2D eigenvalue weighted by molar-refractivity contribution is 5.87. The Morgan fingerprint density at radius 2 is 1.29 bits per heavy atom. The molecule has 1 nitrogen and oxygen atoms in total. The summed E-state index contributed by atoms with van der Waals surface area (Å²) in [6.45, 7) is 2.37. The average molecular weight is 309 g/mol. The molecule has 116 valence electrons. The van der Waals surface area contributed by atoms with Crippen molar-refractivity contribution in [2.75, 3.05) is 0 Å². The quantitative estimate of drug-likeness (QED) is 0.627. The second kappa shape index (κ2) is 4.67. The maximum atomic E-state index is 5.15. The lowest BCUT2D eigenvalue weighted by atomic mass is 9.88. The maximum absolute atomic E-state index is 5.15. The van der Waals surface area contributed by atoms with Crippen LogP contribution in [-0.4, -0.2) is 6.21 Å². The molecule has 0 N–H and O–H groups in total. The van der Waals surface area contributed by atoms with Crippen molar-refractivity contribution in [3.05, 3.63) is 107 Å². The van der Waals surface area contributed by atoms with Crippen molar-refractivity contribution in [2.45, 2.75) is 23.8 Å². The summed E-state index contributed by atoms with van der Waals surface area (Å²) in [5, 5.41) is 0. The van der Waals surface area contributed by atoms with Gasteiger partial charge in [-0.15, -0.1) is 0 Å². The standard InChI is InChI=1S/C23H19N/c1-22(18-11-4-2-5-12-18)21-20-15-9-8-10-17(20)16-24-23(21,22)19-13-6-3-7-14-19/h2-16,21H,1H3/t21?,22-,23+/m0/s1. The topological polar surface area (TPSA) is 12.4 Å². The third-order valence-electron chi connectivity index (χ3n) is 6.01. The Bertz CT molecular complexity index is 929. The summed E-state index contributed by atoms with van der Waals surface area (Å²) < 4.78 is 0. The van der Waals surface area contributed by atoms with Crippen LogP contribution in [0.4, 0.5) is 0 Å². The molecule has 0 saturated heterocycles. The Morgan fingerprint density at radius 3 is 2.00 bits per heavy atom. The van der Waals surface area contributed by atoms with Crippen molar-refractivity contribution in [3.63, 3.8) is 0 Å². The summed E-state index contributed by atoms with van der Waals surface area (Å²) in [5.74, 6) is 0.385. The van der Waals surface area contributed by atoms with Gasteiger partial charge in [0.05, 0.1) is 0 Å². The van der Waals surface area contributed by atoms with E-state index in [1.165, 1.54) is 22.3 Å². The molecule has 1 saturated carbocycles. The maximum Gasteiger partial charge on any atom is 0.103 e. The average Bonchev–Trinajstić information content (AvgIpc) is 3.26. The second-order valence-corrected chi connectivity index (χ2v) is 7.02. The molecule has 1 heterocycles. The molecule has 2 aliphatic rings. The van der Waals surface area contributed by atoms with Gasteiger partial charge in [0.25, 0.3) is 0 Å². The van der Waals surface area contributed by atoms with Gasteiger partial charge in [0.15, 0.2) is 0 Å². The van der Waals surface area contributed by atoms with Crippen LogP contribution in [0.2, 0.25) is 0 Å². The van der Waals surface area contributed by atoms with Gasteiger partial charge < -0.3 is 0 Å². The molecule has 3 atom stereocenters. The highest BCUT2D eigenvalue weighted by Gasteiger charge is 2.77. The van der Waals surface area contributed by atoms with Crippen molar-refractivity contribution < 1.29 is 0 Å². The van der Waals surface area contributed by atoms with Gasteiger partial charge in [-0.25, -0.2) is 0 Å². The molecule has 0 bridgehead atoms. The minimum absolute atomic E-state index is 0.0152. The van der Waals surface area contributed by atoms with Gasteiger partial charge >= 0.3 is 0 Å². The number of aliphatic imine (C=N–C) groups is 1. The zero-order valence-corrected chi connectivity index (χ0v) is 13.7. The predicted octanol–water partition coefficient (Wildman–Crippen LogP) is 5.07. The predicted molar refractivity (Wildman–Crippen MR) is 98.7 cm³/mol. The second-order valence-electron chi connectivity index (χ2n) is 7.02. The number of benzene rings is 3. The molecular weight excluding hydrogens is 290 g/mol. The van der Waals surface area contributed by atoms with E-state index in [1.807, 2.05) is 0 Å². The monoisotopic (exact) mass is 309 g/mol. The van der Waals surface area contributed by atoms with Crippen LogP contribution in [-0.2, 0) is 11.0 Å². The van der Waals surface area contributed by atoms with Crippen LogP contribution in [0.25, 0.3) is 0 Å². The van der Waals surface area contributed by atoms with E-state index in [0.29, 0.717) is 5.92 Å². The van der Waals surface area contributed by atoms with E-state index in [9.17, 15) is 0 Å². The largest absolute Gasteiger partial charge is 0.279 e. The van der Waals surface area contributed by atoms with E-state index in [0.717, 1.165) is 0 Å². The van der Waals surface area contributed by atoms with Crippen LogP contribution in [0.5, 0.6) is 0 Å². The van der Waals surface area contributed by atoms with E-state index in [1.54, 1.807) is 0 Å². The van der Waals surface area contributed by atoms with E-state index < -0.39 is 0 Å². The van der Waals surface area contributed by atoms with Crippen molar-refractivity contribution in [3.8, 4) is 0 Å². The number of fused-ring (bicyclic) bond motifs is 3. The summed E-state index contributed by atoms with van der Waals surface area (Å²) in [4.78, 5) is 5.15. The van der Waals surface area contributed by atoms with Crippen molar-refractivity contribution in [1.29, 1.82) is 0 Å². The molecule has 24 heavy (non-hydrogen) atoms. The van der Waals surface area contributed by atoms with Crippen molar-refractivity contribution in [2.24, 2.45) is 4.99 Å². The fraction of sp³-hybridized carbons (Fsp3) is 0.174. The first kappa shape index (κ1) is 13.7. The first-order valence-electron chi connectivity index (χ1n) is 8.54. The zero-order valence-electron chi connectivity index (χ0n) is 13.7. The highest BCUT2D eigenvalue weighted by atomic mass is 15.0. The number of nitrogens with zero attached hydrogens (tertiary/aromatic N) is 1. The fourth-order valence-electron chi connectivity index (χ4n) is 4.81. The lowest BCUT2D eigenvalue weighted by Crippen LogP contribution is -2.18. The van der Waals surface area contributed by atoms with Crippen LogP contribution in [0, 0.1) is 0 Å². The summed E-state index contributed by atoms with van der Waals surface area (Å²) in [6.07, 6.45) is 2.08. The normalized spacial score (nSPS) is 29.6. The third kappa shape index (κ3) is 1.52. The molecule has 1 unspecified atom stereocenters.